The van der Waals surface area contributed by atoms with Crippen LogP contribution in [0.2, 0.25) is 18.1 Å². The van der Waals surface area contributed by atoms with E-state index in [1.807, 2.05) is 0 Å². The van der Waals surface area contributed by atoms with E-state index in [1.54, 1.807) is 0 Å². The van der Waals surface area contributed by atoms with Crippen molar-refractivity contribution in [1.82, 2.24) is 0 Å². The average molecular weight is 395 g/mol. The molecule has 158 valence electrons. The molecule has 2 nitrogen and oxygen atoms in total. The van der Waals surface area contributed by atoms with Gasteiger partial charge < -0.3 is 9.53 Å². The molecule has 0 saturated heterocycles. The number of fused-ring (bicyclic) bond motifs is 1. The first kappa shape index (κ1) is 23.2. The SMILES string of the molecule is C=C(C)C[C@H](CC(C)[C@H]1CC[C@H]2[C@H](O)CCC[C@]12C)O[Si](C)(C)C(C)(C)C. The van der Waals surface area contributed by atoms with E-state index in [-0.39, 0.29) is 17.2 Å². The molecule has 2 rings (SSSR count). The topological polar surface area (TPSA) is 29.5 Å². The van der Waals surface area contributed by atoms with Crippen LogP contribution < -0.4 is 0 Å². The van der Waals surface area contributed by atoms with Crippen LogP contribution in [-0.2, 0) is 4.43 Å². The summed E-state index contributed by atoms with van der Waals surface area (Å²) in [6, 6.07) is 0. The van der Waals surface area contributed by atoms with E-state index in [4.69, 9.17) is 4.43 Å². The summed E-state index contributed by atoms with van der Waals surface area (Å²) in [5, 5.41) is 10.8. The number of aliphatic hydroxyl groups excluding tert-OH is 1. The van der Waals surface area contributed by atoms with Gasteiger partial charge in [0.05, 0.1) is 6.10 Å². The first-order chi connectivity index (χ1) is 12.3. The molecule has 1 unspecified atom stereocenters. The zero-order valence-corrected chi connectivity index (χ0v) is 20.4. The minimum atomic E-state index is -1.79. The van der Waals surface area contributed by atoms with Crippen LogP contribution in [0.4, 0.5) is 0 Å². The number of hydrogen-bond acceptors (Lipinski definition) is 2. The first-order valence-electron chi connectivity index (χ1n) is 11.3. The maximum absolute atomic E-state index is 10.6. The fourth-order valence-corrected chi connectivity index (χ4v) is 7.22. The third-order valence-corrected chi connectivity index (χ3v) is 12.9. The fraction of sp³-hybridized carbons (Fsp3) is 0.917. The average Bonchev–Trinajstić information content (AvgIpc) is 2.83. The Labute approximate surface area is 170 Å². The van der Waals surface area contributed by atoms with E-state index in [0.29, 0.717) is 23.2 Å². The normalized spacial score (nSPS) is 34.2. The van der Waals surface area contributed by atoms with Gasteiger partial charge in [-0.2, -0.15) is 0 Å². The maximum Gasteiger partial charge on any atom is 0.192 e. The summed E-state index contributed by atoms with van der Waals surface area (Å²) in [6.45, 7) is 22.9. The van der Waals surface area contributed by atoms with E-state index in [1.165, 1.54) is 31.3 Å². The highest BCUT2D eigenvalue weighted by Crippen LogP contribution is 2.58. The zero-order chi connectivity index (χ0) is 20.6. The van der Waals surface area contributed by atoms with Gasteiger partial charge in [0.25, 0.3) is 0 Å². The van der Waals surface area contributed by atoms with Gasteiger partial charge in [0.15, 0.2) is 8.32 Å². The highest BCUT2D eigenvalue weighted by Gasteiger charge is 2.52. The third kappa shape index (κ3) is 5.08. The van der Waals surface area contributed by atoms with Gasteiger partial charge in [-0.25, -0.2) is 0 Å². The quantitative estimate of drug-likeness (QED) is 0.374. The van der Waals surface area contributed by atoms with Gasteiger partial charge in [-0.3, -0.25) is 0 Å². The van der Waals surface area contributed by atoms with Gasteiger partial charge in [-0.15, -0.1) is 6.58 Å². The lowest BCUT2D eigenvalue weighted by Crippen LogP contribution is -2.45. The summed E-state index contributed by atoms with van der Waals surface area (Å²) < 4.78 is 6.86. The van der Waals surface area contributed by atoms with Crippen molar-refractivity contribution in [1.29, 1.82) is 0 Å². The van der Waals surface area contributed by atoms with Crippen molar-refractivity contribution in [2.24, 2.45) is 23.2 Å². The predicted molar refractivity (Wildman–Crippen MR) is 119 cm³/mol. The van der Waals surface area contributed by atoms with Crippen molar-refractivity contribution in [3.05, 3.63) is 12.2 Å². The van der Waals surface area contributed by atoms with Gasteiger partial charge >= 0.3 is 0 Å². The smallest absolute Gasteiger partial charge is 0.192 e. The molecule has 0 aromatic heterocycles. The second-order valence-corrected chi connectivity index (χ2v) is 16.4. The van der Waals surface area contributed by atoms with Crippen LogP contribution in [0.5, 0.6) is 0 Å². The highest BCUT2D eigenvalue weighted by atomic mass is 28.4. The van der Waals surface area contributed by atoms with Crippen molar-refractivity contribution in [3.63, 3.8) is 0 Å². The molecular weight excluding hydrogens is 348 g/mol. The number of rotatable bonds is 7. The van der Waals surface area contributed by atoms with Gasteiger partial charge in [0.1, 0.15) is 0 Å². The molecule has 6 atom stereocenters. The Kier molecular flexibility index (Phi) is 7.13. The Morgan fingerprint density at radius 3 is 2.44 bits per heavy atom. The van der Waals surface area contributed by atoms with Crippen LogP contribution in [0.15, 0.2) is 12.2 Å². The van der Waals surface area contributed by atoms with Crippen LogP contribution in [0, 0.1) is 23.2 Å². The van der Waals surface area contributed by atoms with Gasteiger partial charge in [-0.1, -0.05) is 46.6 Å². The predicted octanol–water partition coefficient (Wildman–Crippen LogP) is 6.95. The summed E-state index contributed by atoms with van der Waals surface area (Å²) in [7, 11) is -1.79. The lowest BCUT2D eigenvalue weighted by Gasteiger charge is -2.46. The molecule has 2 aliphatic rings. The Morgan fingerprint density at radius 1 is 1.26 bits per heavy atom. The fourth-order valence-electron chi connectivity index (χ4n) is 5.86. The monoisotopic (exact) mass is 394 g/mol. The molecule has 0 heterocycles. The van der Waals surface area contributed by atoms with Crippen molar-refractivity contribution in [2.75, 3.05) is 0 Å². The molecule has 2 fully saturated rings. The van der Waals surface area contributed by atoms with Crippen LogP contribution in [0.3, 0.4) is 0 Å². The molecule has 2 aliphatic carbocycles. The summed E-state index contributed by atoms with van der Waals surface area (Å²) >= 11 is 0. The zero-order valence-electron chi connectivity index (χ0n) is 19.4. The van der Waals surface area contributed by atoms with E-state index in [9.17, 15) is 5.11 Å². The summed E-state index contributed by atoms with van der Waals surface area (Å²) in [5.41, 5.74) is 1.55. The van der Waals surface area contributed by atoms with E-state index in [0.717, 1.165) is 19.3 Å². The second kappa shape index (κ2) is 8.32. The molecule has 0 bridgehead atoms. The lowest BCUT2D eigenvalue weighted by atomic mass is 9.61. The Hall–Kier alpha value is -0.123. The molecule has 2 saturated carbocycles. The molecular formula is C24H46O2Si. The van der Waals surface area contributed by atoms with E-state index in [2.05, 4.69) is 61.2 Å². The molecule has 1 N–H and O–H groups in total. The molecule has 0 aromatic carbocycles. The van der Waals surface area contributed by atoms with E-state index < -0.39 is 8.32 Å². The van der Waals surface area contributed by atoms with Crippen LogP contribution in [0.1, 0.15) is 86.5 Å². The van der Waals surface area contributed by atoms with Gasteiger partial charge in [-0.05, 0) is 86.7 Å². The second-order valence-electron chi connectivity index (χ2n) is 11.6. The Balaban J connectivity index is 2.11. The molecule has 0 spiro atoms. The maximum atomic E-state index is 10.6. The number of aliphatic hydroxyl groups is 1. The minimum Gasteiger partial charge on any atom is -0.414 e. The standard InChI is InChI=1S/C24H46O2Si/c1-17(2)15-19(26-27(8,9)23(4,5)6)16-18(3)20-12-13-21-22(25)11-10-14-24(20,21)7/h18-22,25H,1,10-16H2,2-9H3/t18?,19-,20-,21+,22-,24-/m1/s1. The molecule has 0 amide bonds. The number of hydrogen-bond donors (Lipinski definition) is 1. The minimum absolute atomic E-state index is 0.0735. The summed E-state index contributed by atoms with van der Waals surface area (Å²) in [4.78, 5) is 0. The lowest BCUT2D eigenvalue weighted by molar-refractivity contribution is -0.0309. The first-order valence-corrected chi connectivity index (χ1v) is 14.2. The summed E-state index contributed by atoms with van der Waals surface area (Å²) in [6.07, 6.45) is 8.29. The van der Waals surface area contributed by atoms with Gasteiger partial charge in [0, 0.05) is 6.10 Å². The van der Waals surface area contributed by atoms with Crippen molar-refractivity contribution in [3.8, 4) is 0 Å². The molecule has 0 aliphatic heterocycles. The highest BCUT2D eigenvalue weighted by molar-refractivity contribution is 6.74. The van der Waals surface area contributed by atoms with E-state index >= 15 is 0 Å². The Bertz CT molecular complexity index is 521. The molecule has 0 aromatic rings. The van der Waals surface area contributed by atoms with Crippen molar-refractivity contribution in [2.45, 2.75) is 117 Å². The molecule has 3 heteroatoms. The summed E-state index contributed by atoms with van der Waals surface area (Å²) in [5.74, 6) is 1.87. The van der Waals surface area contributed by atoms with Crippen LogP contribution in [-0.4, -0.2) is 25.6 Å². The molecule has 27 heavy (non-hydrogen) atoms. The van der Waals surface area contributed by atoms with Crippen molar-refractivity contribution < 1.29 is 9.53 Å². The van der Waals surface area contributed by atoms with Crippen LogP contribution >= 0.6 is 0 Å². The Morgan fingerprint density at radius 2 is 1.89 bits per heavy atom. The van der Waals surface area contributed by atoms with Crippen molar-refractivity contribution >= 4 is 8.32 Å². The van der Waals surface area contributed by atoms with Gasteiger partial charge in [0.2, 0.25) is 0 Å². The van der Waals surface area contributed by atoms with Crippen LogP contribution in [0.25, 0.3) is 0 Å². The largest absolute Gasteiger partial charge is 0.414 e. The molecule has 0 radical (unpaired) electrons. The third-order valence-electron chi connectivity index (χ3n) is 8.33.